The molecule has 1 aliphatic carbocycles. The molecule has 1 saturated carbocycles. The van der Waals surface area contributed by atoms with E-state index in [4.69, 9.17) is 0 Å². The van der Waals surface area contributed by atoms with Gasteiger partial charge in [-0.15, -0.1) is 11.8 Å². The molecule has 1 amide bonds. The summed E-state index contributed by atoms with van der Waals surface area (Å²) in [5.41, 5.74) is 0. The summed E-state index contributed by atoms with van der Waals surface area (Å²) in [6.07, 6.45) is 9.09. The minimum absolute atomic E-state index is 0.234. The highest BCUT2D eigenvalue weighted by Crippen LogP contribution is 2.30. The van der Waals surface area contributed by atoms with Gasteiger partial charge in [-0.1, -0.05) is 26.2 Å². The number of hydrogen-bond donors (Lipinski definition) is 2. The summed E-state index contributed by atoms with van der Waals surface area (Å²) in [4.78, 5) is 11.8. The maximum atomic E-state index is 11.8. The summed E-state index contributed by atoms with van der Waals surface area (Å²) in [6.45, 7) is 5.46. The third kappa shape index (κ3) is 6.04. The number of piperidine rings is 1. The van der Waals surface area contributed by atoms with Gasteiger partial charge in [-0.2, -0.15) is 0 Å². The zero-order valence-electron chi connectivity index (χ0n) is 12.8. The Hall–Kier alpha value is -0.220. The van der Waals surface area contributed by atoms with E-state index in [0.29, 0.717) is 11.0 Å². The summed E-state index contributed by atoms with van der Waals surface area (Å²) >= 11 is 1.84. The maximum absolute atomic E-state index is 11.8. The first-order valence-electron chi connectivity index (χ1n) is 8.33. The molecule has 2 N–H and O–H groups in total. The lowest BCUT2D eigenvalue weighted by Gasteiger charge is -2.26. The first-order chi connectivity index (χ1) is 9.74. The predicted molar refractivity (Wildman–Crippen MR) is 87.1 cm³/mol. The Morgan fingerprint density at radius 1 is 1.25 bits per heavy atom. The van der Waals surface area contributed by atoms with Crippen molar-refractivity contribution >= 4 is 17.7 Å². The second-order valence-electron chi connectivity index (χ2n) is 6.54. The molecule has 1 aliphatic heterocycles. The summed E-state index contributed by atoms with van der Waals surface area (Å²) in [5.74, 6) is 2.61. The molecule has 0 aromatic heterocycles. The molecular formula is C16H30N2OS. The number of thioether (sulfide) groups is 1. The van der Waals surface area contributed by atoms with Gasteiger partial charge in [0.1, 0.15) is 0 Å². The molecule has 4 heteroatoms. The number of carbonyl (C=O) groups is 1. The average Bonchev–Trinajstić information content (AvgIpc) is 2.46. The van der Waals surface area contributed by atoms with E-state index in [9.17, 15) is 4.79 Å². The smallest absolute Gasteiger partial charge is 0.230 e. The predicted octanol–water partition coefficient (Wildman–Crippen LogP) is 2.80. The maximum Gasteiger partial charge on any atom is 0.230 e. The van der Waals surface area contributed by atoms with Crippen molar-refractivity contribution in [2.45, 2.75) is 57.1 Å². The zero-order chi connectivity index (χ0) is 14.2. The first kappa shape index (κ1) is 16.2. The van der Waals surface area contributed by atoms with Gasteiger partial charge in [0.05, 0.1) is 5.75 Å². The van der Waals surface area contributed by atoms with E-state index in [1.165, 1.54) is 44.9 Å². The van der Waals surface area contributed by atoms with Crippen molar-refractivity contribution in [2.75, 3.05) is 25.4 Å². The van der Waals surface area contributed by atoms with Gasteiger partial charge in [0.2, 0.25) is 5.91 Å². The SMILES string of the molecule is CC1CCCC(CCNC(=O)CSC2CCNCC2)C1. The van der Waals surface area contributed by atoms with Crippen molar-refractivity contribution in [1.82, 2.24) is 10.6 Å². The third-order valence-electron chi connectivity index (χ3n) is 4.66. The highest BCUT2D eigenvalue weighted by molar-refractivity contribution is 8.00. The minimum atomic E-state index is 0.234. The van der Waals surface area contributed by atoms with Crippen LogP contribution in [0, 0.1) is 11.8 Å². The molecule has 2 atom stereocenters. The third-order valence-corrected chi connectivity index (χ3v) is 6.03. The highest BCUT2D eigenvalue weighted by atomic mass is 32.2. The lowest BCUT2D eigenvalue weighted by atomic mass is 9.81. The molecule has 0 aromatic rings. The molecule has 1 heterocycles. The topological polar surface area (TPSA) is 41.1 Å². The Bertz CT molecular complexity index is 292. The van der Waals surface area contributed by atoms with Crippen molar-refractivity contribution in [3.05, 3.63) is 0 Å². The van der Waals surface area contributed by atoms with Crippen LogP contribution in [0.15, 0.2) is 0 Å². The van der Waals surface area contributed by atoms with E-state index in [1.807, 2.05) is 11.8 Å². The standard InChI is InChI=1S/C16H30N2OS/c1-13-3-2-4-14(11-13)5-10-18-16(19)12-20-15-6-8-17-9-7-15/h13-15,17H,2-12H2,1H3,(H,18,19). The number of hydrogen-bond acceptors (Lipinski definition) is 3. The Morgan fingerprint density at radius 2 is 2.05 bits per heavy atom. The number of amides is 1. The molecule has 0 spiro atoms. The van der Waals surface area contributed by atoms with Crippen LogP contribution in [0.2, 0.25) is 0 Å². The molecular weight excluding hydrogens is 268 g/mol. The van der Waals surface area contributed by atoms with E-state index in [1.54, 1.807) is 0 Å². The van der Waals surface area contributed by atoms with E-state index in [2.05, 4.69) is 17.6 Å². The van der Waals surface area contributed by atoms with E-state index < -0.39 is 0 Å². The van der Waals surface area contributed by atoms with Crippen LogP contribution < -0.4 is 10.6 Å². The second-order valence-corrected chi connectivity index (χ2v) is 7.83. The fraction of sp³-hybridized carbons (Fsp3) is 0.938. The zero-order valence-corrected chi connectivity index (χ0v) is 13.6. The first-order valence-corrected chi connectivity index (χ1v) is 9.38. The van der Waals surface area contributed by atoms with Crippen molar-refractivity contribution in [1.29, 1.82) is 0 Å². The second kappa shape index (κ2) is 8.93. The molecule has 116 valence electrons. The van der Waals surface area contributed by atoms with Crippen LogP contribution in [0.25, 0.3) is 0 Å². The van der Waals surface area contributed by atoms with E-state index in [0.717, 1.165) is 31.5 Å². The molecule has 2 fully saturated rings. The monoisotopic (exact) mass is 298 g/mol. The van der Waals surface area contributed by atoms with Crippen LogP contribution in [0.1, 0.15) is 51.9 Å². The molecule has 0 aromatic carbocycles. The minimum Gasteiger partial charge on any atom is -0.355 e. The number of carbonyl (C=O) groups excluding carboxylic acids is 1. The van der Waals surface area contributed by atoms with Gasteiger partial charge in [-0.3, -0.25) is 4.79 Å². The van der Waals surface area contributed by atoms with E-state index >= 15 is 0 Å². The summed E-state index contributed by atoms with van der Waals surface area (Å²) in [5, 5.41) is 7.15. The van der Waals surface area contributed by atoms with Gasteiger partial charge in [0.15, 0.2) is 0 Å². The van der Waals surface area contributed by atoms with Gasteiger partial charge in [-0.25, -0.2) is 0 Å². The molecule has 2 aliphatic rings. The van der Waals surface area contributed by atoms with Crippen LogP contribution in [0.5, 0.6) is 0 Å². The van der Waals surface area contributed by atoms with Gasteiger partial charge < -0.3 is 10.6 Å². The van der Waals surface area contributed by atoms with Crippen LogP contribution in [0.3, 0.4) is 0 Å². The Morgan fingerprint density at radius 3 is 2.80 bits per heavy atom. The van der Waals surface area contributed by atoms with Gasteiger partial charge >= 0.3 is 0 Å². The van der Waals surface area contributed by atoms with Gasteiger partial charge in [0.25, 0.3) is 0 Å². The lowest BCUT2D eigenvalue weighted by molar-refractivity contribution is -0.118. The molecule has 20 heavy (non-hydrogen) atoms. The van der Waals surface area contributed by atoms with Crippen molar-refractivity contribution in [3.8, 4) is 0 Å². The van der Waals surface area contributed by atoms with Crippen molar-refractivity contribution < 1.29 is 4.79 Å². The summed E-state index contributed by atoms with van der Waals surface area (Å²) in [6, 6.07) is 0. The van der Waals surface area contributed by atoms with Crippen LogP contribution >= 0.6 is 11.8 Å². The molecule has 0 radical (unpaired) electrons. The molecule has 2 unspecified atom stereocenters. The van der Waals surface area contributed by atoms with Crippen molar-refractivity contribution in [2.24, 2.45) is 11.8 Å². The largest absolute Gasteiger partial charge is 0.355 e. The molecule has 0 bridgehead atoms. The van der Waals surface area contributed by atoms with Gasteiger partial charge in [-0.05, 0) is 50.6 Å². The molecule has 2 rings (SSSR count). The van der Waals surface area contributed by atoms with Crippen LogP contribution in [-0.2, 0) is 4.79 Å². The quantitative estimate of drug-likeness (QED) is 0.792. The molecule has 3 nitrogen and oxygen atoms in total. The summed E-state index contributed by atoms with van der Waals surface area (Å²) < 4.78 is 0. The average molecular weight is 298 g/mol. The fourth-order valence-electron chi connectivity index (χ4n) is 3.44. The number of rotatable bonds is 6. The molecule has 1 saturated heterocycles. The van der Waals surface area contributed by atoms with Gasteiger partial charge in [0, 0.05) is 11.8 Å². The van der Waals surface area contributed by atoms with Crippen LogP contribution in [0.4, 0.5) is 0 Å². The Balaban J connectivity index is 1.51. The summed E-state index contributed by atoms with van der Waals surface area (Å²) in [7, 11) is 0. The number of nitrogens with one attached hydrogen (secondary N) is 2. The Kier molecular flexibility index (Phi) is 7.22. The Labute approximate surface area is 128 Å². The van der Waals surface area contributed by atoms with Crippen molar-refractivity contribution in [3.63, 3.8) is 0 Å². The van der Waals surface area contributed by atoms with E-state index in [-0.39, 0.29) is 5.91 Å². The lowest BCUT2D eigenvalue weighted by Crippen LogP contribution is -2.32. The fourth-order valence-corrected chi connectivity index (χ4v) is 4.50. The highest BCUT2D eigenvalue weighted by Gasteiger charge is 2.19. The normalized spacial score (nSPS) is 28.2. The van der Waals surface area contributed by atoms with Crippen LogP contribution in [-0.4, -0.2) is 36.5 Å².